The lowest BCUT2D eigenvalue weighted by molar-refractivity contribution is -0.140. The number of anilines is 1. The molecule has 0 aliphatic heterocycles. The summed E-state index contributed by atoms with van der Waals surface area (Å²) in [5, 5.41) is 2.75. The molecule has 0 fully saturated rings. The first-order valence-electron chi connectivity index (χ1n) is 12.1. The van der Waals surface area contributed by atoms with Crippen molar-refractivity contribution in [1.82, 2.24) is 10.2 Å². The molecule has 3 aromatic rings. The third-order valence-corrected chi connectivity index (χ3v) is 7.77. The van der Waals surface area contributed by atoms with Crippen LogP contribution in [-0.4, -0.2) is 44.3 Å². The number of amides is 2. The van der Waals surface area contributed by atoms with Crippen LogP contribution < -0.4 is 9.62 Å². The predicted molar refractivity (Wildman–Crippen MR) is 142 cm³/mol. The summed E-state index contributed by atoms with van der Waals surface area (Å²) in [5.41, 5.74) is 1.66. The molecule has 1 N–H and O–H groups in total. The number of nitrogens with one attached hydrogen (secondary N) is 1. The van der Waals surface area contributed by atoms with Crippen LogP contribution in [0.1, 0.15) is 31.4 Å². The van der Waals surface area contributed by atoms with Gasteiger partial charge in [0.2, 0.25) is 11.8 Å². The van der Waals surface area contributed by atoms with Crippen LogP contribution in [0.15, 0.2) is 83.8 Å². The molecule has 0 heterocycles. The Kier molecular flexibility index (Phi) is 9.41. The van der Waals surface area contributed by atoms with Crippen molar-refractivity contribution in [1.29, 1.82) is 0 Å². The molecule has 0 unspecified atom stereocenters. The molecule has 3 aromatic carbocycles. The zero-order chi connectivity index (χ0) is 27.0. The van der Waals surface area contributed by atoms with Gasteiger partial charge in [-0.2, -0.15) is 0 Å². The highest BCUT2D eigenvalue weighted by molar-refractivity contribution is 7.92. The molecule has 0 saturated heterocycles. The average molecular weight is 526 g/mol. The van der Waals surface area contributed by atoms with E-state index in [0.29, 0.717) is 29.8 Å². The van der Waals surface area contributed by atoms with Gasteiger partial charge in [0, 0.05) is 13.1 Å². The summed E-state index contributed by atoms with van der Waals surface area (Å²) in [4.78, 5) is 28.2. The molecule has 0 spiro atoms. The van der Waals surface area contributed by atoms with E-state index in [0.717, 1.165) is 4.31 Å². The van der Waals surface area contributed by atoms with Gasteiger partial charge >= 0.3 is 0 Å². The minimum absolute atomic E-state index is 0.0156. The SMILES string of the molecule is CCNC(=O)[C@@H](CC)N(Cc1ccc(F)cc1)C(=O)CN(c1ccccc1C)S(=O)(=O)c1ccccc1. The van der Waals surface area contributed by atoms with Crippen molar-refractivity contribution >= 4 is 27.5 Å². The Morgan fingerprint density at radius 2 is 1.54 bits per heavy atom. The number of benzene rings is 3. The number of carbonyl (C=O) groups is 2. The topological polar surface area (TPSA) is 86.8 Å². The van der Waals surface area contributed by atoms with Gasteiger partial charge in [0.05, 0.1) is 10.6 Å². The van der Waals surface area contributed by atoms with Crippen LogP contribution in [0, 0.1) is 12.7 Å². The molecule has 2 amide bonds. The van der Waals surface area contributed by atoms with Gasteiger partial charge in [-0.3, -0.25) is 13.9 Å². The minimum Gasteiger partial charge on any atom is -0.355 e. The molecule has 37 heavy (non-hydrogen) atoms. The number of likely N-dealkylation sites (N-methyl/N-ethyl adjacent to an activating group) is 1. The second-order valence-corrected chi connectivity index (χ2v) is 10.4. The highest BCUT2D eigenvalue weighted by atomic mass is 32.2. The van der Waals surface area contributed by atoms with Crippen LogP contribution in [-0.2, 0) is 26.2 Å². The van der Waals surface area contributed by atoms with Crippen molar-refractivity contribution in [3.05, 3.63) is 95.8 Å². The Hall–Kier alpha value is -3.72. The lowest BCUT2D eigenvalue weighted by Crippen LogP contribution is -2.52. The molecule has 0 aliphatic carbocycles. The summed E-state index contributed by atoms with van der Waals surface area (Å²) in [5.74, 6) is -1.31. The zero-order valence-corrected chi connectivity index (χ0v) is 22.0. The summed E-state index contributed by atoms with van der Waals surface area (Å²) < 4.78 is 42.1. The van der Waals surface area contributed by atoms with E-state index in [4.69, 9.17) is 0 Å². The molecule has 0 radical (unpaired) electrons. The second-order valence-electron chi connectivity index (χ2n) is 8.58. The molecule has 3 rings (SSSR count). The fraction of sp³-hybridized carbons (Fsp3) is 0.286. The maximum Gasteiger partial charge on any atom is 0.264 e. The largest absolute Gasteiger partial charge is 0.355 e. The number of sulfonamides is 1. The van der Waals surface area contributed by atoms with E-state index >= 15 is 0 Å². The number of nitrogens with zero attached hydrogens (tertiary/aromatic N) is 2. The molecule has 0 bridgehead atoms. The molecular weight excluding hydrogens is 493 g/mol. The van der Waals surface area contributed by atoms with E-state index in [-0.39, 0.29) is 17.3 Å². The molecule has 196 valence electrons. The highest BCUT2D eigenvalue weighted by Crippen LogP contribution is 2.27. The third kappa shape index (κ3) is 6.74. The standard InChI is InChI=1S/C28H32FN3O4S/c1-4-25(28(34)30-5-2)31(19-22-15-17-23(29)18-16-22)27(33)20-32(26-14-10-9-11-21(26)3)37(35,36)24-12-7-6-8-13-24/h6-18,25H,4-5,19-20H2,1-3H3,(H,30,34)/t25-/m1/s1. The Morgan fingerprint density at radius 3 is 2.14 bits per heavy atom. The Morgan fingerprint density at radius 1 is 0.919 bits per heavy atom. The van der Waals surface area contributed by atoms with E-state index in [2.05, 4.69) is 5.32 Å². The lowest BCUT2D eigenvalue weighted by Gasteiger charge is -2.33. The van der Waals surface area contributed by atoms with Gasteiger partial charge in [0.25, 0.3) is 10.0 Å². The molecule has 0 aromatic heterocycles. The van der Waals surface area contributed by atoms with E-state index in [1.54, 1.807) is 75.4 Å². The number of para-hydroxylation sites is 1. The van der Waals surface area contributed by atoms with Crippen LogP contribution in [0.2, 0.25) is 0 Å². The van der Waals surface area contributed by atoms with Crippen molar-refractivity contribution < 1.29 is 22.4 Å². The van der Waals surface area contributed by atoms with Crippen molar-refractivity contribution in [2.45, 2.75) is 44.7 Å². The molecule has 9 heteroatoms. The van der Waals surface area contributed by atoms with Gasteiger partial charge in [-0.25, -0.2) is 12.8 Å². The van der Waals surface area contributed by atoms with Gasteiger partial charge in [-0.1, -0.05) is 55.5 Å². The molecule has 7 nitrogen and oxygen atoms in total. The van der Waals surface area contributed by atoms with Crippen LogP contribution in [0.3, 0.4) is 0 Å². The van der Waals surface area contributed by atoms with Crippen LogP contribution in [0.4, 0.5) is 10.1 Å². The van der Waals surface area contributed by atoms with E-state index < -0.39 is 34.3 Å². The maximum absolute atomic E-state index is 13.9. The van der Waals surface area contributed by atoms with Crippen molar-refractivity contribution in [3.8, 4) is 0 Å². The van der Waals surface area contributed by atoms with Gasteiger partial charge in [-0.15, -0.1) is 0 Å². The molecule has 1 atom stereocenters. The van der Waals surface area contributed by atoms with Crippen molar-refractivity contribution in [2.75, 3.05) is 17.4 Å². The monoisotopic (exact) mass is 525 g/mol. The second kappa shape index (κ2) is 12.5. The van der Waals surface area contributed by atoms with Crippen LogP contribution in [0.5, 0.6) is 0 Å². The zero-order valence-electron chi connectivity index (χ0n) is 21.2. The van der Waals surface area contributed by atoms with E-state index in [1.165, 1.54) is 29.2 Å². The fourth-order valence-corrected chi connectivity index (χ4v) is 5.57. The van der Waals surface area contributed by atoms with Gasteiger partial charge in [-0.05, 0) is 61.7 Å². The first kappa shape index (κ1) is 27.9. The summed E-state index contributed by atoms with van der Waals surface area (Å²) in [7, 11) is -4.11. The van der Waals surface area contributed by atoms with Crippen LogP contribution >= 0.6 is 0 Å². The predicted octanol–water partition coefficient (Wildman–Crippen LogP) is 4.27. The van der Waals surface area contributed by atoms with Gasteiger partial charge < -0.3 is 10.2 Å². The first-order valence-corrected chi connectivity index (χ1v) is 13.6. The molecule has 0 saturated carbocycles. The number of halogens is 1. The first-order chi connectivity index (χ1) is 17.7. The van der Waals surface area contributed by atoms with E-state index in [1.807, 2.05) is 0 Å². The summed E-state index contributed by atoms with van der Waals surface area (Å²) >= 11 is 0. The Balaban J connectivity index is 2.05. The molecule has 0 aliphatic rings. The number of hydrogen-bond acceptors (Lipinski definition) is 4. The normalized spacial score (nSPS) is 12.0. The van der Waals surface area contributed by atoms with Crippen molar-refractivity contribution in [3.63, 3.8) is 0 Å². The smallest absolute Gasteiger partial charge is 0.264 e. The maximum atomic E-state index is 13.9. The number of carbonyl (C=O) groups excluding carboxylic acids is 2. The lowest BCUT2D eigenvalue weighted by atomic mass is 10.1. The summed E-state index contributed by atoms with van der Waals surface area (Å²) in [6.07, 6.45) is 0.314. The average Bonchev–Trinajstić information content (AvgIpc) is 2.89. The molecular formula is C28H32FN3O4S. The number of rotatable bonds is 11. The summed E-state index contributed by atoms with van der Waals surface area (Å²) in [6.45, 7) is 5.22. The van der Waals surface area contributed by atoms with Gasteiger partial charge in [0.1, 0.15) is 18.4 Å². The quantitative estimate of drug-likeness (QED) is 0.405. The fourth-order valence-electron chi connectivity index (χ4n) is 4.07. The summed E-state index contributed by atoms with van der Waals surface area (Å²) in [6, 6.07) is 19.6. The highest BCUT2D eigenvalue weighted by Gasteiger charge is 2.33. The Labute approximate surface area is 218 Å². The van der Waals surface area contributed by atoms with E-state index in [9.17, 15) is 22.4 Å². The number of hydrogen-bond donors (Lipinski definition) is 1. The van der Waals surface area contributed by atoms with Crippen molar-refractivity contribution in [2.24, 2.45) is 0 Å². The Bertz CT molecular complexity index is 1310. The minimum atomic E-state index is -4.11. The third-order valence-electron chi connectivity index (χ3n) is 6.00. The van der Waals surface area contributed by atoms with Crippen LogP contribution in [0.25, 0.3) is 0 Å². The van der Waals surface area contributed by atoms with Gasteiger partial charge in [0.15, 0.2) is 0 Å². The number of aryl methyl sites for hydroxylation is 1.